The smallest absolute Gasteiger partial charge is 0.221 e. The Hall–Kier alpha value is -0.390. The van der Waals surface area contributed by atoms with E-state index in [-0.39, 0.29) is 11.9 Å². The number of hydrogen-bond acceptors (Lipinski definition) is 3. The van der Waals surface area contributed by atoms with E-state index in [2.05, 4.69) is 31.9 Å². The zero-order valence-corrected chi connectivity index (χ0v) is 9.95. The second kappa shape index (κ2) is 4.42. The Kier molecular flexibility index (Phi) is 3.20. The molecule has 2 heterocycles. The third-order valence-corrected chi connectivity index (χ3v) is 4.15. The summed E-state index contributed by atoms with van der Waals surface area (Å²) < 4.78 is 1.15. The summed E-state index contributed by atoms with van der Waals surface area (Å²) in [6, 6.07) is 2.33. The molecule has 0 radical (unpaired) electrons. The third-order valence-electron chi connectivity index (χ3n) is 2.22. The fourth-order valence-corrected chi connectivity index (χ4v) is 2.88. The normalized spacial score (nSPS) is 21.2. The molecule has 1 aliphatic rings. The van der Waals surface area contributed by atoms with Crippen molar-refractivity contribution in [1.82, 2.24) is 10.6 Å². The van der Waals surface area contributed by atoms with E-state index in [0.717, 1.165) is 17.6 Å². The summed E-state index contributed by atoms with van der Waals surface area (Å²) in [7, 11) is 0. The summed E-state index contributed by atoms with van der Waals surface area (Å²) in [5, 5.41) is 8.21. The second-order valence-electron chi connectivity index (χ2n) is 3.28. The van der Waals surface area contributed by atoms with Gasteiger partial charge in [-0.25, -0.2) is 0 Å². The number of carbonyl (C=O) groups excluding carboxylic acids is 1. The molecule has 1 aromatic rings. The number of thiophene rings is 1. The minimum Gasteiger partial charge on any atom is -0.354 e. The standard InChI is InChI=1S/C9H11BrN2OS/c10-7-1-2-14-8(7)5-11-6-3-9(13)12-4-6/h1-2,6,11H,3-5H2,(H,12,13). The largest absolute Gasteiger partial charge is 0.354 e. The van der Waals surface area contributed by atoms with Crippen LogP contribution in [0, 0.1) is 0 Å². The zero-order chi connectivity index (χ0) is 9.97. The Bertz CT molecular complexity index is 339. The first kappa shape index (κ1) is 10.1. The van der Waals surface area contributed by atoms with Crippen LogP contribution in [0.25, 0.3) is 0 Å². The van der Waals surface area contributed by atoms with E-state index >= 15 is 0 Å². The molecule has 1 aromatic heterocycles. The molecular formula is C9H11BrN2OS. The number of carbonyl (C=O) groups is 1. The predicted molar refractivity (Wildman–Crippen MR) is 60.3 cm³/mol. The molecule has 0 aliphatic carbocycles. The predicted octanol–water partition coefficient (Wildman–Crippen LogP) is 1.49. The first-order chi connectivity index (χ1) is 6.75. The lowest BCUT2D eigenvalue weighted by molar-refractivity contribution is -0.119. The SMILES string of the molecule is O=C1CC(NCc2sccc2Br)CN1. The van der Waals surface area contributed by atoms with Crippen LogP contribution in [0.2, 0.25) is 0 Å². The monoisotopic (exact) mass is 274 g/mol. The molecule has 2 N–H and O–H groups in total. The fourth-order valence-electron chi connectivity index (χ4n) is 1.44. The summed E-state index contributed by atoms with van der Waals surface area (Å²) in [6.07, 6.45) is 0.600. The second-order valence-corrected chi connectivity index (χ2v) is 5.13. The van der Waals surface area contributed by atoms with E-state index in [1.807, 2.05) is 6.07 Å². The maximum Gasteiger partial charge on any atom is 0.221 e. The lowest BCUT2D eigenvalue weighted by Crippen LogP contribution is -2.30. The highest BCUT2D eigenvalue weighted by atomic mass is 79.9. The molecule has 0 spiro atoms. The molecule has 0 bridgehead atoms. The van der Waals surface area contributed by atoms with E-state index in [1.54, 1.807) is 11.3 Å². The van der Waals surface area contributed by atoms with Gasteiger partial charge >= 0.3 is 0 Å². The van der Waals surface area contributed by atoms with Crippen LogP contribution >= 0.6 is 27.3 Å². The molecular weight excluding hydrogens is 264 g/mol. The van der Waals surface area contributed by atoms with Crippen molar-refractivity contribution in [1.29, 1.82) is 0 Å². The lowest BCUT2D eigenvalue weighted by Gasteiger charge is -2.08. The number of hydrogen-bond donors (Lipinski definition) is 2. The van der Waals surface area contributed by atoms with Crippen LogP contribution in [-0.4, -0.2) is 18.5 Å². The van der Waals surface area contributed by atoms with Crippen LogP contribution in [0.15, 0.2) is 15.9 Å². The quantitative estimate of drug-likeness (QED) is 0.877. The van der Waals surface area contributed by atoms with E-state index < -0.39 is 0 Å². The van der Waals surface area contributed by atoms with Gasteiger partial charge in [0, 0.05) is 34.9 Å². The van der Waals surface area contributed by atoms with Gasteiger partial charge in [0.15, 0.2) is 0 Å². The first-order valence-electron chi connectivity index (χ1n) is 4.47. The van der Waals surface area contributed by atoms with Crippen molar-refractivity contribution in [2.75, 3.05) is 6.54 Å². The van der Waals surface area contributed by atoms with Gasteiger partial charge in [-0.3, -0.25) is 4.79 Å². The topological polar surface area (TPSA) is 41.1 Å². The van der Waals surface area contributed by atoms with E-state index in [0.29, 0.717) is 6.42 Å². The lowest BCUT2D eigenvalue weighted by atomic mass is 10.2. The third kappa shape index (κ3) is 2.34. The van der Waals surface area contributed by atoms with Crippen molar-refractivity contribution in [3.8, 4) is 0 Å². The number of halogens is 1. The fraction of sp³-hybridized carbons (Fsp3) is 0.444. The summed E-state index contributed by atoms with van der Waals surface area (Å²) in [6.45, 7) is 1.58. The molecule has 76 valence electrons. The molecule has 1 unspecified atom stereocenters. The maximum atomic E-state index is 10.9. The van der Waals surface area contributed by atoms with Crippen molar-refractivity contribution < 1.29 is 4.79 Å². The van der Waals surface area contributed by atoms with Crippen LogP contribution in [0.1, 0.15) is 11.3 Å². The van der Waals surface area contributed by atoms with Gasteiger partial charge in [0.05, 0.1) is 0 Å². The average Bonchev–Trinajstić information content (AvgIpc) is 2.72. The van der Waals surface area contributed by atoms with Gasteiger partial charge in [-0.15, -0.1) is 11.3 Å². The maximum absolute atomic E-state index is 10.9. The average molecular weight is 275 g/mol. The Morgan fingerprint density at radius 3 is 3.14 bits per heavy atom. The van der Waals surface area contributed by atoms with Crippen LogP contribution < -0.4 is 10.6 Å². The van der Waals surface area contributed by atoms with Crippen LogP contribution in [-0.2, 0) is 11.3 Å². The van der Waals surface area contributed by atoms with Gasteiger partial charge in [-0.1, -0.05) is 0 Å². The minimum atomic E-state index is 0.146. The highest BCUT2D eigenvalue weighted by Crippen LogP contribution is 2.22. The minimum absolute atomic E-state index is 0.146. The Morgan fingerprint density at radius 1 is 1.71 bits per heavy atom. The van der Waals surface area contributed by atoms with E-state index in [4.69, 9.17) is 0 Å². The molecule has 5 heteroatoms. The summed E-state index contributed by atoms with van der Waals surface area (Å²) >= 11 is 5.19. The van der Waals surface area contributed by atoms with E-state index in [9.17, 15) is 4.79 Å². The molecule has 2 rings (SSSR count). The van der Waals surface area contributed by atoms with Crippen LogP contribution in [0.4, 0.5) is 0 Å². The number of rotatable bonds is 3. The van der Waals surface area contributed by atoms with Crippen molar-refractivity contribution >= 4 is 33.2 Å². The highest BCUT2D eigenvalue weighted by Gasteiger charge is 2.20. The van der Waals surface area contributed by atoms with Gasteiger partial charge in [0.1, 0.15) is 0 Å². The number of amides is 1. The van der Waals surface area contributed by atoms with E-state index in [1.165, 1.54) is 4.88 Å². The molecule has 14 heavy (non-hydrogen) atoms. The molecule has 1 aliphatic heterocycles. The van der Waals surface area contributed by atoms with Crippen molar-refractivity contribution in [2.24, 2.45) is 0 Å². The van der Waals surface area contributed by atoms with Gasteiger partial charge in [-0.05, 0) is 27.4 Å². The van der Waals surface area contributed by atoms with Gasteiger partial charge in [0.2, 0.25) is 5.91 Å². The Balaban J connectivity index is 1.83. The van der Waals surface area contributed by atoms with Crippen LogP contribution in [0.3, 0.4) is 0 Å². The summed E-state index contributed by atoms with van der Waals surface area (Å²) in [5.41, 5.74) is 0. The zero-order valence-electron chi connectivity index (χ0n) is 7.55. The molecule has 0 saturated carbocycles. The van der Waals surface area contributed by atoms with Gasteiger partial charge in [-0.2, -0.15) is 0 Å². The molecule has 1 fully saturated rings. The van der Waals surface area contributed by atoms with Crippen LogP contribution in [0.5, 0.6) is 0 Å². The van der Waals surface area contributed by atoms with Crippen molar-refractivity contribution in [3.05, 3.63) is 20.8 Å². The molecule has 1 amide bonds. The molecule has 1 atom stereocenters. The van der Waals surface area contributed by atoms with Crippen molar-refractivity contribution in [3.63, 3.8) is 0 Å². The van der Waals surface area contributed by atoms with Gasteiger partial charge in [0.25, 0.3) is 0 Å². The molecule has 1 saturated heterocycles. The van der Waals surface area contributed by atoms with Gasteiger partial charge < -0.3 is 10.6 Å². The Labute approximate surface area is 95.0 Å². The molecule has 3 nitrogen and oxygen atoms in total. The summed E-state index contributed by atoms with van der Waals surface area (Å²) in [4.78, 5) is 12.2. The summed E-state index contributed by atoms with van der Waals surface area (Å²) in [5.74, 6) is 0.146. The highest BCUT2D eigenvalue weighted by molar-refractivity contribution is 9.10. The number of nitrogens with one attached hydrogen (secondary N) is 2. The first-order valence-corrected chi connectivity index (χ1v) is 6.15. The molecule has 0 aromatic carbocycles. The Morgan fingerprint density at radius 2 is 2.57 bits per heavy atom. The van der Waals surface area contributed by atoms with Crippen molar-refractivity contribution in [2.45, 2.75) is 19.0 Å².